The van der Waals surface area contributed by atoms with Gasteiger partial charge in [0.15, 0.2) is 0 Å². The molecule has 2 heterocycles. The fourth-order valence-corrected chi connectivity index (χ4v) is 6.07. The Morgan fingerprint density at radius 3 is 2.43 bits per heavy atom. The number of benzene rings is 2. The summed E-state index contributed by atoms with van der Waals surface area (Å²) in [4.78, 5) is 26.1. The highest BCUT2D eigenvalue weighted by Gasteiger charge is 2.27. The second-order valence-corrected chi connectivity index (χ2v) is 11.1. The quantitative estimate of drug-likeness (QED) is 0.604. The van der Waals surface area contributed by atoms with Crippen molar-refractivity contribution < 1.29 is 22.7 Å². The standard InChI is InChI=1S/C26H33N3O5S/c1-19-12-13-21(35(32,33)29-14-6-2-3-7-15-29)17-23(19)26(31)28-24-11-5-4-10-22(24)25(30)27-18-20-9-8-16-34-20/h4-5,10-13,17,20H,2-3,6-9,14-16,18H2,1H3,(H,27,30)(H,28,31). The van der Waals surface area contributed by atoms with Gasteiger partial charge >= 0.3 is 0 Å². The Labute approximate surface area is 207 Å². The maximum atomic E-state index is 13.2. The summed E-state index contributed by atoms with van der Waals surface area (Å²) in [5.41, 5.74) is 1.61. The highest BCUT2D eigenvalue weighted by molar-refractivity contribution is 7.89. The molecule has 0 aromatic heterocycles. The van der Waals surface area contributed by atoms with E-state index in [4.69, 9.17) is 4.74 Å². The van der Waals surface area contributed by atoms with Gasteiger partial charge in [-0.25, -0.2) is 8.42 Å². The van der Waals surface area contributed by atoms with E-state index in [0.29, 0.717) is 43.1 Å². The van der Waals surface area contributed by atoms with Crippen LogP contribution in [-0.2, 0) is 14.8 Å². The molecule has 0 aliphatic carbocycles. The van der Waals surface area contributed by atoms with Crippen LogP contribution >= 0.6 is 0 Å². The molecule has 4 rings (SSSR count). The normalized spacial score (nSPS) is 19.2. The number of nitrogens with zero attached hydrogens (tertiary/aromatic N) is 1. The first-order valence-corrected chi connectivity index (χ1v) is 13.7. The Balaban J connectivity index is 1.52. The lowest BCUT2D eigenvalue weighted by Crippen LogP contribution is -2.32. The van der Waals surface area contributed by atoms with Crippen LogP contribution in [0, 0.1) is 6.92 Å². The largest absolute Gasteiger partial charge is 0.376 e. The minimum atomic E-state index is -3.69. The molecule has 2 aliphatic rings. The van der Waals surface area contributed by atoms with E-state index in [1.165, 1.54) is 10.4 Å². The van der Waals surface area contributed by atoms with Gasteiger partial charge in [-0.2, -0.15) is 4.31 Å². The highest BCUT2D eigenvalue weighted by atomic mass is 32.2. The van der Waals surface area contributed by atoms with Gasteiger partial charge < -0.3 is 15.4 Å². The summed E-state index contributed by atoms with van der Waals surface area (Å²) in [6.45, 7) is 3.87. The van der Waals surface area contributed by atoms with Gasteiger partial charge in [0, 0.05) is 31.8 Å². The number of aryl methyl sites for hydroxylation is 1. The Morgan fingerprint density at radius 2 is 1.71 bits per heavy atom. The fourth-order valence-electron chi connectivity index (χ4n) is 4.52. The molecule has 8 nitrogen and oxygen atoms in total. The highest BCUT2D eigenvalue weighted by Crippen LogP contribution is 2.24. The Bertz CT molecular complexity index is 1170. The van der Waals surface area contributed by atoms with Gasteiger partial charge in [-0.05, 0) is 62.4 Å². The molecule has 2 fully saturated rings. The summed E-state index contributed by atoms with van der Waals surface area (Å²) in [5.74, 6) is -0.764. The van der Waals surface area contributed by atoms with Crippen LogP contribution in [0.25, 0.3) is 0 Å². The van der Waals surface area contributed by atoms with Crippen molar-refractivity contribution in [2.75, 3.05) is 31.6 Å². The molecule has 1 unspecified atom stereocenters. The first-order chi connectivity index (χ1) is 16.9. The predicted molar refractivity (Wildman–Crippen MR) is 134 cm³/mol. The number of hydrogen-bond acceptors (Lipinski definition) is 5. The van der Waals surface area contributed by atoms with E-state index in [9.17, 15) is 18.0 Å². The van der Waals surface area contributed by atoms with E-state index >= 15 is 0 Å². The predicted octanol–water partition coefficient (Wildman–Crippen LogP) is 3.72. The SMILES string of the molecule is Cc1ccc(S(=O)(=O)N2CCCCCC2)cc1C(=O)Nc1ccccc1C(=O)NCC1CCCO1. The third kappa shape index (κ3) is 6.09. The molecule has 0 radical (unpaired) electrons. The van der Waals surface area contributed by atoms with Crippen LogP contribution in [0.2, 0.25) is 0 Å². The van der Waals surface area contributed by atoms with Gasteiger partial charge in [0.1, 0.15) is 0 Å². The molecule has 0 spiro atoms. The number of para-hydroxylation sites is 1. The molecule has 2 aliphatic heterocycles. The zero-order chi connectivity index (χ0) is 24.8. The number of ether oxygens (including phenoxy) is 1. The third-order valence-electron chi connectivity index (χ3n) is 6.59. The number of sulfonamides is 1. The van der Waals surface area contributed by atoms with E-state index < -0.39 is 15.9 Å². The van der Waals surface area contributed by atoms with Crippen LogP contribution in [0.5, 0.6) is 0 Å². The van der Waals surface area contributed by atoms with Crippen molar-refractivity contribution in [3.8, 4) is 0 Å². The van der Waals surface area contributed by atoms with Crippen molar-refractivity contribution in [1.82, 2.24) is 9.62 Å². The summed E-state index contributed by atoms with van der Waals surface area (Å²) in [5, 5.41) is 5.68. The average molecular weight is 500 g/mol. The number of amides is 2. The van der Waals surface area contributed by atoms with Gasteiger partial charge in [-0.3, -0.25) is 9.59 Å². The van der Waals surface area contributed by atoms with Crippen molar-refractivity contribution in [2.45, 2.75) is 56.4 Å². The molecule has 2 saturated heterocycles. The molecular weight excluding hydrogens is 466 g/mol. The number of carbonyl (C=O) groups is 2. The van der Waals surface area contributed by atoms with Crippen LogP contribution in [0.1, 0.15) is 64.8 Å². The van der Waals surface area contributed by atoms with Crippen LogP contribution in [-0.4, -0.2) is 56.9 Å². The maximum Gasteiger partial charge on any atom is 0.255 e. The molecule has 2 aromatic carbocycles. The zero-order valence-electron chi connectivity index (χ0n) is 20.1. The number of nitrogens with one attached hydrogen (secondary N) is 2. The van der Waals surface area contributed by atoms with Crippen LogP contribution in [0.15, 0.2) is 47.4 Å². The smallest absolute Gasteiger partial charge is 0.255 e. The van der Waals surface area contributed by atoms with Gasteiger partial charge in [0.05, 0.1) is 22.3 Å². The van der Waals surface area contributed by atoms with E-state index in [0.717, 1.165) is 38.5 Å². The fraction of sp³-hybridized carbons (Fsp3) is 0.462. The number of carbonyl (C=O) groups excluding carboxylic acids is 2. The molecule has 2 aromatic rings. The Hall–Kier alpha value is -2.75. The van der Waals surface area contributed by atoms with Crippen molar-refractivity contribution in [2.24, 2.45) is 0 Å². The number of hydrogen-bond donors (Lipinski definition) is 2. The minimum Gasteiger partial charge on any atom is -0.376 e. The molecular formula is C26H33N3O5S. The zero-order valence-corrected chi connectivity index (χ0v) is 20.9. The second-order valence-electron chi connectivity index (χ2n) is 9.14. The minimum absolute atomic E-state index is 0.0113. The first kappa shape index (κ1) is 25.3. The Kier molecular flexibility index (Phi) is 8.20. The molecule has 9 heteroatoms. The lowest BCUT2D eigenvalue weighted by molar-refractivity contribution is 0.0858. The summed E-state index contributed by atoms with van der Waals surface area (Å²) >= 11 is 0. The number of anilines is 1. The molecule has 1 atom stereocenters. The van der Waals surface area contributed by atoms with Crippen LogP contribution in [0.4, 0.5) is 5.69 Å². The van der Waals surface area contributed by atoms with Crippen molar-refractivity contribution in [1.29, 1.82) is 0 Å². The lowest BCUT2D eigenvalue weighted by Gasteiger charge is -2.20. The van der Waals surface area contributed by atoms with E-state index in [1.54, 1.807) is 43.3 Å². The summed E-state index contributed by atoms with van der Waals surface area (Å²) in [6.07, 6.45) is 5.63. The number of rotatable bonds is 7. The third-order valence-corrected chi connectivity index (χ3v) is 8.49. The summed E-state index contributed by atoms with van der Waals surface area (Å²) in [6, 6.07) is 11.4. The lowest BCUT2D eigenvalue weighted by atomic mass is 10.1. The Morgan fingerprint density at radius 1 is 0.971 bits per heavy atom. The van der Waals surface area contributed by atoms with Gasteiger partial charge in [0.25, 0.3) is 11.8 Å². The van der Waals surface area contributed by atoms with E-state index in [2.05, 4.69) is 10.6 Å². The molecule has 2 amide bonds. The van der Waals surface area contributed by atoms with Gasteiger partial charge in [-0.15, -0.1) is 0 Å². The van der Waals surface area contributed by atoms with Crippen LogP contribution in [0.3, 0.4) is 0 Å². The monoisotopic (exact) mass is 499 g/mol. The van der Waals surface area contributed by atoms with Gasteiger partial charge in [-0.1, -0.05) is 31.0 Å². The summed E-state index contributed by atoms with van der Waals surface area (Å²) < 4.78 is 33.6. The van der Waals surface area contributed by atoms with Crippen molar-refractivity contribution in [3.05, 3.63) is 59.2 Å². The van der Waals surface area contributed by atoms with Crippen molar-refractivity contribution >= 4 is 27.5 Å². The van der Waals surface area contributed by atoms with E-state index in [1.807, 2.05) is 0 Å². The molecule has 0 bridgehead atoms. The molecule has 0 saturated carbocycles. The van der Waals surface area contributed by atoms with Crippen molar-refractivity contribution in [3.63, 3.8) is 0 Å². The molecule has 2 N–H and O–H groups in total. The molecule has 188 valence electrons. The first-order valence-electron chi connectivity index (χ1n) is 12.3. The van der Waals surface area contributed by atoms with E-state index in [-0.39, 0.29) is 22.5 Å². The molecule has 35 heavy (non-hydrogen) atoms. The maximum absolute atomic E-state index is 13.2. The topological polar surface area (TPSA) is 105 Å². The summed E-state index contributed by atoms with van der Waals surface area (Å²) in [7, 11) is -3.69. The second kappa shape index (κ2) is 11.3. The van der Waals surface area contributed by atoms with Gasteiger partial charge in [0.2, 0.25) is 10.0 Å². The van der Waals surface area contributed by atoms with Crippen LogP contribution < -0.4 is 10.6 Å². The average Bonchev–Trinajstić information content (AvgIpc) is 3.22.